The Bertz CT molecular complexity index is 453. The molecule has 0 amide bonds. The third-order valence-electron chi connectivity index (χ3n) is 3.88. The van der Waals surface area contributed by atoms with Crippen molar-refractivity contribution >= 4 is 11.7 Å². The number of nitrogen functional groups attached to an aromatic ring is 1. The van der Waals surface area contributed by atoms with Gasteiger partial charge in [0, 0.05) is 19.3 Å². The fourth-order valence-corrected chi connectivity index (χ4v) is 2.64. The van der Waals surface area contributed by atoms with Gasteiger partial charge in [0.1, 0.15) is 11.7 Å². The highest BCUT2D eigenvalue weighted by Crippen LogP contribution is 2.29. The van der Waals surface area contributed by atoms with E-state index in [1.165, 1.54) is 6.42 Å². The largest absolute Gasteiger partial charge is 0.384 e. The Morgan fingerprint density at radius 1 is 1.56 bits per heavy atom. The Hall–Kier alpha value is -1.58. The first kappa shape index (κ1) is 12.9. The van der Waals surface area contributed by atoms with Gasteiger partial charge in [0.2, 0.25) is 0 Å². The van der Waals surface area contributed by atoms with Gasteiger partial charge in [-0.15, -0.1) is 0 Å². The predicted molar refractivity (Wildman–Crippen MR) is 75.1 cm³/mol. The first-order valence-electron chi connectivity index (χ1n) is 6.55. The number of amidine groups is 1. The molecule has 0 spiro atoms. The SMILES string of the molecule is Cc1ccnc(N2CCC(C(C)C)C2)c1C(=N)N. The fourth-order valence-electron chi connectivity index (χ4n) is 2.64. The van der Waals surface area contributed by atoms with Gasteiger partial charge >= 0.3 is 0 Å². The second kappa shape index (κ2) is 4.96. The van der Waals surface area contributed by atoms with Crippen molar-refractivity contribution in [1.82, 2.24) is 4.98 Å². The molecule has 0 radical (unpaired) electrons. The highest BCUT2D eigenvalue weighted by Gasteiger charge is 2.27. The van der Waals surface area contributed by atoms with Crippen molar-refractivity contribution in [3.05, 3.63) is 23.4 Å². The molecule has 4 heteroatoms. The first-order valence-corrected chi connectivity index (χ1v) is 6.55. The zero-order valence-corrected chi connectivity index (χ0v) is 11.4. The number of aryl methyl sites for hydroxylation is 1. The minimum absolute atomic E-state index is 0.114. The normalized spacial score (nSPS) is 19.6. The van der Waals surface area contributed by atoms with E-state index in [1.807, 2.05) is 13.0 Å². The summed E-state index contributed by atoms with van der Waals surface area (Å²) in [5.74, 6) is 2.40. The number of hydrogen-bond acceptors (Lipinski definition) is 3. The van der Waals surface area contributed by atoms with E-state index in [1.54, 1.807) is 6.20 Å². The molecule has 4 nitrogen and oxygen atoms in total. The summed E-state index contributed by atoms with van der Waals surface area (Å²) in [5, 5.41) is 7.73. The topological polar surface area (TPSA) is 66.0 Å². The minimum atomic E-state index is 0.114. The van der Waals surface area contributed by atoms with Gasteiger partial charge in [-0.1, -0.05) is 13.8 Å². The molecule has 3 N–H and O–H groups in total. The van der Waals surface area contributed by atoms with E-state index < -0.39 is 0 Å². The molecule has 1 saturated heterocycles. The Labute approximate surface area is 109 Å². The Morgan fingerprint density at radius 2 is 2.28 bits per heavy atom. The maximum Gasteiger partial charge on any atom is 0.139 e. The summed E-state index contributed by atoms with van der Waals surface area (Å²) >= 11 is 0. The third kappa shape index (κ3) is 2.33. The number of rotatable bonds is 3. The number of nitrogens with one attached hydrogen (secondary N) is 1. The first-order chi connectivity index (χ1) is 8.50. The molecule has 1 atom stereocenters. The van der Waals surface area contributed by atoms with E-state index in [-0.39, 0.29) is 5.84 Å². The average Bonchev–Trinajstić information content (AvgIpc) is 2.77. The second-order valence-corrected chi connectivity index (χ2v) is 5.48. The lowest BCUT2D eigenvalue weighted by molar-refractivity contribution is 0.422. The molecule has 0 aromatic carbocycles. The molecule has 98 valence electrons. The lowest BCUT2D eigenvalue weighted by atomic mass is 9.95. The van der Waals surface area contributed by atoms with Gasteiger partial charge in [0.05, 0.1) is 5.56 Å². The smallest absolute Gasteiger partial charge is 0.139 e. The van der Waals surface area contributed by atoms with Gasteiger partial charge in [-0.05, 0) is 36.8 Å². The molecule has 2 heterocycles. The van der Waals surface area contributed by atoms with Gasteiger partial charge in [-0.25, -0.2) is 4.98 Å². The van der Waals surface area contributed by atoms with Crippen LogP contribution >= 0.6 is 0 Å². The lowest BCUT2D eigenvalue weighted by Crippen LogP contribution is -2.26. The van der Waals surface area contributed by atoms with Crippen LogP contribution in [0.5, 0.6) is 0 Å². The Balaban J connectivity index is 2.30. The van der Waals surface area contributed by atoms with Crippen molar-refractivity contribution in [2.24, 2.45) is 17.6 Å². The minimum Gasteiger partial charge on any atom is -0.384 e. The molecule has 0 aliphatic carbocycles. The van der Waals surface area contributed by atoms with Crippen molar-refractivity contribution in [3.63, 3.8) is 0 Å². The Morgan fingerprint density at radius 3 is 2.83 bits per heavy atom. The quantitative estimate of drug-likeness (QED) is 0.634. The lowest BCUT2D eigenvalue weighted by Gasteiger charge is -2.22. The molecule has 0 bridgehead atoms. The summed E-state index contributed by atoms with van der Waals surface area (Å²) < 4.78 is 0. The van der Waals surface area contributed by atoms with Crippen LogP contribution < -0.4 is 10.6 Å². The van der Waals surface area contributed by atoms with Crippen LogP contribution in [0.15, 0.2) is 12.3 Å². The summed E-state index contributed by atoms with van der Waals surface area (Å²) in [5.41, 5.74) is 7.52. The van der Waals surface area contributed by atoms with E-state index in [4.69, 9.17) is 11.1 Å². The Kier molecular flexibility index (Phi) is 3.55. The van der Waals surface area contributed by atoms with Crippen molar-refractivity contribution in [2.45, 2.75) is 27.2 Å². The summed E-state index contributed by atoms with van der Waals surface area (Å²) in [6.07, 6.45) is 3.00. The molecule has 18 heavy (non-hydrogen) atoms. The van der Waals surface area contributed by atoms with E-state index in [2.05, 4.69) is 23.7 Å². The highest BCUT2D eigenvalue weighted by atomic mass is 15.2. The van der Waals surface area contributed by atoms with Crippen molar-refractivity contribution in [2.75, 3.05) is 18.0 Å². The van der Waals surface area contributed by atoms with Crippen LogP contribution in [0.25, 0.3) is 0 Å². The molecule has 1 fully saturated rings. The number of pyridine rings is 1. The molecular weight excluding hydrogens is 224 g/mol. The monoisotopic (exact) mass is 246 g/mol. The van der Waals surface area contributed by atoms with E-state index in [9.17, 15) is 0 Å². The summed E-state index contributed by atoms with van der Waals surface area (Å²) in [6, 6.07) is 1.91. The number of nitrogens with zero attached hydrogens (tertiary/aromatic N) is 2. The molecule has 1 unspecified atom stereocenters. The molecule has 1 aromatic rings. The maximum atomic E-state index is 7.73. The standard InChI is InChI=1S/C14H22N4/c1-9(2)11-5-7-18(8-11)14-12(13(15)16)10(3)4-6-17-14/h4,6,9,11H,5,7-8H2,1-3H3,(H3,15,16). The second-order valence-electron chi connectivity index (χ2n) is 5.48. The zero-order chi connectivity index (χ0) is 13.3. The summed E-state index contributed by atoms with van der Waals surface area (Å²) in [7, 11) is 0. The van der Waals surface area contributed by atoms with Crippen LogP contribution in [0.1, 0.15) is 31.4 Å². The molecule has 0 saturated carbocycles. The van der Waals surface area contributed by atoms with Gasteiger partial charge in [0.15, 0.2) is 0 Å². The molecular formula is C14H22N4. The van der Waals surface area contributed by atoms with Crippen molar-refractivity contribution < 1.29 is 0 Å². The molecule has 2 rings (SSSR count). The van der Waals surface area contributed by atoms with Crippen LogP contribution in [0.4, 0.5) is 5.82 Å². The number of anilines is 1. The van der Waals surface area contributed by atoms with Crippen LogP contribution in [0.3, 0.4) is 0 Å². The molecule has 1 aliphatic rings. The number of nitrogens with two attached hydrogens (primary N) is 1. The van der Waals surface area contributed by atoms with Crippen molar-refractivity contribution in [1.29, 1.82) is 5.41 Å². The average molecular weight is 246 g/mol. The zero-order valence-electron chi connectivity index (χ0n) is 11.4. The fraction of sp³-hybridized carbons (Fsp3) is 0.571. The third-order valence-corrected chi connectivity index (χ3v) is 3.88. The highest BCUT2D eigenvalue weighted by molar-refractivity contribution is 6.01. The summed E-state index contributed by atoms with van der Waals surface area (Å²) in [4.78, 5) is 6.71. The van der Waals surface area contributed by atoms with Gasteiger partial charge < -0.3 is 10.6 Å². The van der Waals surface area contributed by atoms with E-state index >= 15 is 0 Å². The van der Waals surface area contributed by atoms with E-state index in [0.29, 0.717) is 11.8 Å². The van der Waals surface area contributed by atoms with Crippen LogP contribution in [-0.4, -0.2) is 23.9 Å². The van der Waals surface area contributed by atoms with Gasteiger partial charge in [-0.2, -0.15) is 0 Å². The molecule has 1 aliphatic heterocycles. The van der Waals surface area contributed by atoms with Crippen LogP contribution in [-0.2, 0) is 0 Å². The van der Waals surface area contributed by atoms with E-state index in [0.717, 1.165) is 30.0 Å². The number of hydrogen-bond donors (Lipinski definition) is 2. The van der Waals surface area contributed by atoms with Crippen molar-refractivity contribution in [3.8, 4) is 0 Å². The van der Waals surface area contributed by atoms with Crippen LogP contribution in [0, 0.1) is 24.2 Å². The number of aromatic nitrogens is 1. The van der Waals surface area contributed by atoms with Crippen LogP contribution in [0.2, 0.25) is 0 Å². The maximum absolute atomic E-state index is 7.73. The predicted octanol–water partition coefficient (Wildman–Crippen LogP) is 2.16. The molecule has 1 aromatic heterocycles. The van der Waals surface area contributed by atoms with Gasteiger partial charge in [0.25, 0.3) is 0 Å². The summed E-state index contributed by atoms with van der Waals surface area (Å²) in [6.45, 7) is 8.55. The van der Waals surface area contributed by atoms with Gasteiger partial charge in [-0.3, -0.25) is 5.41 Å².